The molecule has 2 unspecified atom stereocenters. The number of carbonyl (C=O) groups excluding carboxylic acids is 2. The van der Waals surface area contributed by atoms with Crippen LogP contribution in [0.15, 0.2) is 0 Å². The number of ether oxygens (including phenoxy) is 1. The van der Waals surface area contributed by atoms with Crippen LogP contribution in [-0.4, -0.2) is 24.0 Å². The molecule has 1 saturated carbocycles. The van der Waals surface area contributed by atoms with E-state index in [0.717, 1.165) is 6.42 Å². The van der Waals surface area contributed by atoms with E-state index in [2.05, 4.69) is 5.32 Å². The molecule has 0 saturated heterocycles. The van der Waals surface area contributed by atoms with Crippen LogP contribution >= 0.6 is 0 Å². The minimum absolute atomic E-state index is 0.0894. The number of Topliss-reactive ketones (excluding diaryl/α,β-unsaturated/α-hetero) is 1. The summed E-state index contributed by atoms with van der Waals surface area (Å²) in [6, 6.07) is 0. The molecule has 0 bridgehead atoms. The quantitative estimate of drug-likeness (QED) is 0.822. The van der Waals surface area contributed by atoms with Crippen molar-refractivity contribution >= 4 is 11.9 Å². The first kappa shape index (κ1) is 14.0. The lowest BCUT2D eigenvalue weighted by Crippen LogP contribution is -2.34. The average Bonchev–Trinajstić information content (AvgIpc) is 2.89. The molecular weight excluding hydrogens is 218 g/mol. The lowest BCUT2D eigenvalue weighted by atomic mass is 10.0. The van der Waals surface area contributed by atoms with Gasteiger partial charge in [0.1, 0.15) is 11.4 Å². The van der Waals surface area contributed by atoms with Crippen molar-refractivity contribution < 1.29 is 14.3 Å². The number of hydrogen-bond acceptors (Lipinski definition) is 3. The molecule has 1 fully saturated rings. The molecular formula is C13H23NO3. The predicted molar refractivity (Wildman–Crippen MR) is 65.7 cm³/mol. The summed E-state index contributed by atoms with van der Waals surface area (Å²) in [6.07, 6.45) is 0.493. The normalized spacial score (nSPS) is 23.4. The van der Waals surface area contributed by atoms with Gasteiger partial charge in [-0.25, -0.2) is 4.79 Å². The summed E-state index contributed by atoms with van der Waals surface area (Å²) in [4.78, 5) is 23.0. The Morgan fingerprint density at radius 2 is 1.94 bits per heavy atom. The molecule has 4 heteroatoms. The molecule has 1 aliphatic rings. The Hall–Kier alpha value is -1.06. The Labute approximate surface area is 103 Å². The van der Waals surface area contributed by atoms with E-state index in [0.29, 0.717) is 18.2 Å². The molecule has 1 N–H and O–H groups in total. The van der Waals surface area contributed by atoms with E-state index in [1.165, 1.54) is 0 Å². The number of alkyl carbamates (subject to hydrolysis) is 1. The molecule has 0 spiro atoms. The Morgan fingerprint density at radius 3 is 2.41 bits per heavy atom. The molecule has 4 nitrogen and oxygen atoms in total. The molecule has 0 aliphatic heterocycles. The third kappa shape index (κ3) is 4.75. The van der Waals surface area contributed by atoms with Crippen LogP contribution < -0.4 is 5.32 Å². The number of hydrogen-bond donors (Lipinski definition) is 1. The van der Waals surface area contributed by atoms with Crippen LogP contribution in [0.25, 0.3) is 0 Å². The Kier molecular flexibility index (Phi) is 4.17. The van der Waals surface area contributed by atoms with E-state index in [1.54, 1.807) is 0 Å². The van der Waals surface area contributed by atoms with E-state index in [9.17, 15) is 9.59 Å². The second-order valence-corrected chi connectivity index (χ2v) is 6.04. The molecule has 98 valence electrons. The fourth-order valence-electron chi connectivity index (χ4n) is 1.78. The second-order valence-electron chi connectivity index (χ2n) is 6.04. The summed E-state index contributed by atoms with van der Waals surface area (Å²) in [5.41, 5.74) is -0.471. The van der Waals surface area contributed by atoms with Gasteiger partial charge in [-0.2, -0.15) is 0 Å². The van der Waals surface area contributed by atoms with Crippen LogP contribution in [0.5, 0.6) is 0 Å². The molecule has 0 heterocycles. The minimum atomic E-state index is -0.471. The van der Waals surface area contributed by atoms with Gasteiger partial charge in [-0.3, -0.25) is 4.79 Å². The number of nitrogens with one attached hydrogen (secondary N) is 1. The fourth-order valence-corrected chi connectivity index (χ4v) is 1.78. The van der Waals surface area contributed by atoms with Crippen molar-refractivity contribution in [2.45, 2.75) is 46.6 Å². The van der Waals surface area contributed by atoms with E-state index in [1.807, 2.05) is 34.6 Å². The van der Waals surface area contributed by atoms with Crippen molar-refractivity contribution in [2.75, 3.05) is 6.54 Å². The number of carbonyl (C=O) groups is 2. The Balaban J connectivity index is 2.22. The molecule has 17 heavy (non-hydrogen) atoms. The zero-order valence-corrected chi connectivity index (χ0v) is 11.4. The molecule has 2 atom stereocenters. The summed E-state index contributed by atoms with van der Waals surface area (Å²) < 4.78 is 5.12. The summed E-state index contributed by atoms with van der Waals surface area (Å²) in [6.45, 7) is 9.86. The third-order valence-corrected chi connectivity index (χ3v) is 2.76. The van der Waals surface area contributed by atoms with E-state index in [-0.39, 0.29) is 11.8 Å². The third-order valence-electron chi connectivity index (χ3n) is 2.76. The number of rotatable bonds is 4. The monoisotopic (exact) mass is 241 g/mol. The van der Waals surface area contributed by atoms with Crippen LogP contribution in [-0.2, 0) is 9.53 Å². The van der Waals surface area contributed by atoms with E-state index in [4.69, 9.17) is 4.74 Å². The van der Waals surface area contributed by atoms with Crippen molar-refractivity contribution in [3.8, 4) is 0 Å². The highest BCUT2D eigenvalue weighted by Crippen LogP contribution is 2.40. The highest BCUT2D eigenvalue weighted by molar-refractivity contribution is 5.85. The maximum atomic E-state index is 11.6. The average molecular weight is 241 g/mol. The first-order valence-corrected chi connectivity index (χ1v) is 6.21. The lowest BCUT2D eigenvalue weighted by molar-refractivity contribution is -0.123. The van der Waals surface area contributed by atoms with Gasteiger partial charge in [0.2, 0.25) is 0 Å². The summed E-state index contributed by atoms with van der Waals surface area (Å²) in [5.74, 6) is 0.842. The molecule has 1 amide bonds. The first-order chi connectivity index (χ1) is 7.70. The fraction of sp³-hybridized carbons (Fsp3) is 0.846. The van der Waals surface area contributed by atoms with Gasteiger partial charge < -0.3 is 10.1 Å². The van der Waals surface area contributed by atoms with Crippen LogP contribution in [0.1, 0.15) is 41.0 Å². The summed E-state index contributed by atoms with van der Waals surface area (Å²) in [7, 11) is 0. The van der Waals surface area contributed by atoms with Crippen molar-refractivity contribution in [1.82, 2.24) is 5.32 Å². The van der Waals surface area contributed by atoms with Crippen LogP contribution in [0.4, 0.5) is 4.79 Å². The Bertz CT molecular complexity index is 304. The highest BCUT2D eigenvalue weighted by Gasteiger charge is 2.43. The van der Waals surface area contributed by atoms with Gasteiger partial charge >= 0.3 is 6.09 Å². The largest absolute Gasteiger partial charge is 0.444 e. The second kappa shape index (κ2) is 5.07. The number of amides is 1. The number of ketones is 1. The van der Waals surface area contributed by atoms with Crippen LogP contribution in [0.2, 0.25) is 0 Å². The van der Waals surface area contributed by atoms with Gasteiger partial charge in [-0.15, -0.1) is 0 Å². The van der Waals surface area contributed by atoms with Gasteiger partial charge in [0, 0.05) is 18.4 Å². The van der Waals surface area contributed by atoms with Crippen molar-refractivity contribution in [2.24, 2.45) is 17.8 Å². The zero-order chi connectivity index (χ0) is 13.2. The topological polar surface area (TPSA) is 55.4 Å². The maximum absolute atomic E-state index is 11.6. The maximum Gasteiger partial charge on any atom is 0.407 e. The van der Waals surface area contributed by atoms with Crippen LogP contribution in [0.3, 0.4) is 0 Å². The molecule has 0 aromatic carbocycles. The summed E-state index contributed by atoms with van der Waals surface area (Å²) >= 11 is 0. The van der Waals surface area contributed by atoms with Crippen LogP contribution in [0, 0.1) is 17.8 Å². The smallest absolute Gasteiger partial charge is 0.407 e. The van der Waals surface area contributed by atoms with Gasteiger partial charge in [-0.05, 0) is 33.1 Å². The van der Waals surface area contributed by atoms with Crippen molar-refractivity contribution in [3.63, 3.8) is 0 Å². The van der Waals surface area contributed by atoms with Gasteiger partial charge in [-0.1, -0.05) is 13.8 Å². The minimum Gasteiger partial charge on any atom is -0.444 e. The van der Waals surface area contributed by atoms with E-state index < -0.39 is 11.7 Å². The zero-order valence-electron chi connectivity index (χ0n) is 11.4. The standard InChI is InChI=1S/C13H23NO3/c1-8(2)11(15)10-6-9(10)7-14-12(16)17-13(3,4)5/h8-10H,6-7H2,1-5H3,(H,14,16). The molecule has 0 aromatic rings. The summed E-state index contributed by atoms with van der Waals surface area (Å²) in [5, 5.41) is 2.71. The predicted octanol–water partition coefficient (Wildman–Crippen LogP) is 2.37. The highest BCUT2D eigenvalue weighted by atomic mass is 16.6. The molecule has 1 rings (SSSR count). The SMILES string of the molecule is CC(C)C(=O)C1CC1CNC(=O)OC(C)(C)C. The Morgan fingerprint density at radius 1 is 1.35 bits per heavy atom. The lowest BCUT2D eigenvalue weighted by Gasteiger charge is -2.19. The van der Waals surface area contributed by atoms with E-state index >= 15 is 0 Å². The van der Waals surface area contributed by atoms with Crippen molar-refractivity contribution in [1.29, 1.82) is 0 Å². The molecule has 1 aliphatic carbocycles. The van der Waals surface area contributed by atoms with Crippen molar-refractivity contribution in [3.05, 3.63) is 0 Å². The molecule has 0 radical (unpaired) electrons. The first-order valence-electron chi connectivity index (χ1n) is 6.21. The van der Waals surface area contributed by atoms with Gasteiger partial charge in [0.05, 0.1) is 0 Å². The molecule has 0 aromatic heterocycles. The van der Waals surface area contributed by atoms with Gasteiger partial charge in [0.15, 0.2) is 0 Å². The van der Waals surface area contributed by atoms with Gasteiger partial charge in [0.25, 0.3) is 0 Å².